The molecule has 1 saturated heterocycles. The van der Waals surface area contributed by atoms with Crippen LogP contribution in [-0.4, -0.2) is 36.8 Å². The summed E-state index contributed by atoms with van der Waals surface area (Å²) < 4.78 is 5.70. The zero-order valence-electron chi connectivity index (χ0n) is 8.81. The molecule has 4 nitrogen and oxygen atoms in total. The number of rotatable bonds is 0. The fraction of sp³-hybridized carbons (Fsp3) is 0.545. The Hall–Kier alpha value is -1.29. The predicted molar refractivity (Wildman–Crippen MR) is 58.3 cm³/mol. The van der Waals surface area contributed by atoms with E-state index in [9.17, 15) is 0 Å². The van der Waals surface area contributed by atoms with Crippen molar-refractivity contribution < 1.29 is 4.74 Å². The van der Waals surface area contributed by atoms with Crippen molar-refractivity contribution in [3.05, 3.63) is 18.3 Å². The van der Waals surface area contributed by atoms with Crippen molar-refractivity contribution in [1.82, 2.24) is 10.3 Å². The van der Waals surface area contributed by atoms with Gasteiger partial charge >= 0.3 is 0 Å². The molecule has 0 bridgehead atoms. The number of fused-ring (bicyclic) bond motifs is 3. The Morgan fingerprint density at radius 3 is 3.40 bits per heavy atom. The van der Waals surface area contributed by atoms with Crippen LogP contribution in [0.1, 0.15) is 6.92 Å². The first-order chi connectivity index (χ1) is 7.36. The van der Waals surface area contributed by atoms with Crippen LogP contribution in [0.2, 0.25) is 0 Å². The van der Waals surface area contributed by atoms with Crippen LogP contribution in [0.25, 0.3) is 0 Å². The van der Waals surface area contributed by atoms with E-state index < -0.39 is 0 Å². The van der Waals surface area contributed by atoms with Crippen LogP contribution in [0.15, 0.2) is 18.3 Å². The molecule has 0 spiro atoms. The number of hydrogen-bond donors (Lipinski definition) is 1. The van der Waals surface area contributed by atoms with E-state index in [4.69, 9.17) is 4.74 Å². The van der Waals surface area contributed by atoms with Crippen molar-refractivity contribution in [2.45, 2.75) is 19.0 Å². The van der Waals surface area contributed by atoms with Gasteiger partial charge in [0.2, 0.25) is 0 Å². The summed E-state index contributed by atoms with van der Waals surface area (Å²) in [7, 11) is 0. The van der Waals surface area contributed by atoms with Gasteiger partial charge < -0.3 is 15.0 Å². The van der Waals surface area contributed by atoms with Crippen molar-refractivity contribution in [3.63, 3.8) is 0 Å². The maximum Gasteiger partial charge on any atom is 0.172 e. The van der Waals surface area contributed by atoms with E-state index in [0.29, 0.717) is 12.1 Å². The molecule has 2 unspecified atom stereocenters. The summed E-state index contributed by atoms with van der Waals surface area (Å²) in [6.45, 7) is 4.99. The summed E-state index contributed by atoms with van der Waals surface area (Å²) in [4.78, 5) is 6.81. The first kappa shape index (κ1) is 8.97. The molecule has 0 radical (unpaired) electrons. The van der Waals surface area contributed by atoms with Crippen LogP contribution in [0.3, 0.4) is 0 Å². The molecule has 15 heavy (non-hydrogen) atoms. The highest BCUT2D eigenvalue weighted by Gasteiger charge is 2.34. The molecule has 0 saturated carbocycles. The SMILES string of the molecule is CC1CNCC2COc3cccnc3N12. The molecule has 1 N–H and O–H groups in total. The van der Waals surface area contributed by atoms with Crippen molar-refractivity contribution in [2.24, 2.45) is 0 Å². The average Bonchev–Trinajstić information content (AvgIpc) is 2.29. The van der Waals surface area contributed by atoms with Gasteiger partial charge in [0.1, 0.15) is 6.61 Å². The number of pyridine rings is 1. The standard InChI is InChI=1S/C11H15N3O/c1-8-5-12-6-9-7-15-10-3-2-4-13-11(10)14(8)9/h2-4,8-9,12H,5-7H2,1H3. The number of aromatic nitrogens is 1. The molecule has 4 heteroatoms. The summed E-state index contributed by atoms with van der Waals surface area (Å²) >= 11 is 0. The van der Waals surface area contributed by atoms with Crippen molar-refractivity contribution in [1.29, 1.82) is 0 Å². The van der Waals surface area contributed by atoms with Crippen LogP contribution in [0, 0.1) is 0 Å². The summed E-state index contributed by atoms with van der Waals surface area (Å²) in [6, 6.07) is 4.83. The van der Waals surface area contributed by atoms with Gasteiger partial charge in [-0.3, -0.25) is 0 Å². The molecule has 0 amide bonds. The third-order valence-electron chi connectivity index (χ3n) is 3.11. The summed E-state index contributed by atoms with van der Waals surface area (Å²) in [5, 5.41) is 3.42. The molecule has 0 aliphatic carbocycles. The van der Waals surface area contributed by atoms with E-state index in [0.717, 1.165) is 31.3 Å². The maximum absolute atomic E-state index is 5.70. The minimum absolute atomic E-state index is 0.427. The second-order valence-corrected chi connectivity index (χ2v) is 4.20. The van der Waals surface area contributed by atoms with Gasteiger partial charge in [-0.2, -0.15) is 0 Å². The lowest BCUT2D eigenvalue weighted by molar-refractivity contribution is 0.231. The Balaban J connectivity index is 2.02. The van der Waals surface area contributed by atoms with Crippen molar-refractivity contribution in [2.75, 3.05) is 24.6 Å². The quantitative estimate of drug-likeness (QED) is 0.674. The third kappa shape index (κ3) is 1.36. The van der Waals surface area contributed by atoms with Crippen LogP contribution >= 0.6 is 0 Å². The van der Waals surface area contributed by atoms with Gasteiger partial charge in [-0.25, -0.2) is 4.98 Å². The second kappa shape index (κ2) is 3.38. The Morgan fingerprint density at radius 1 is 1.53 bits per heavy atom. The van der Waals surface area contributed by atoms with Gasteiger partial charge in [-0.1, -0.05) is 0 Å². The molecule has 1 aromatic heterocycles. The largest absolute Gasteiger partial charge is 0.488 e. The van der Waals surface area contributed by atoms with Gasteiger partial charge in [0.05, 0.1) is 6.04 Å². The molecule has 2 atom stereocenters. The fourth-order valence-corrected chi connectivity index (χ4v) is 2.41. The smallest absolute Gasteiger partial charge is 0.172 e. The van der Waals surface area contributed by atoms with Gasteiger partial charge in [0.15, 0.2) is 11.6 Å². The molecule has 1 aromatic rings. The van der Waals surface area contributed by atoms with Crippen LogP contribution < -0.4 is 15.0 Å². The monoisotopic (exact) mass is 205 g/mol. The van der Waals surface area contributed by atoms with Gasteiger partial charge in [0, 0.05) is 25.3 Å². The zero-order valence-corrected chi connectivity index (χ0v) is 8.81. The topological polar surface area (TPSA) is 37.4 Å². The van der Waals surface area contributed by atoms with Crippen molar-refractivity contribution >= 4 is 5.82 Å². The molecular weight excluding hydrogens is 190 g/mol. The molecule has 3 heterocycles. The van der Waals surface area contributed by atoms with Gasteiger partial charge in [0.25, 0.3) is 0 Å². The molecule has 80 valence electrons. The van der Waals surface area contributed by atoms with E-state index in [1.165, 1.54) is 0 Å². The minimum atomic E-state index is 0.427. The lowest BCUT2D eigenvalue weighted by atomic mass is 10.1. The zero-order chi connectivity index (χ0) is 10.3. The number of nitrogens with zero attached hydrogens (tertiary/aromatic N) is 2. The Bertz CT molecular complexity index is 369. The van der Waals surface area contributed by atoms with E-state index >= 15 is 0 Å². The van der Waals surface area contributed by atoms with E-state index in [1.54, 1.807) is 0 Å². The van der Waals surface area contributed by atoms with Crippen molar-refractivity contribution in [3.8, 4) is 5.75 Å². The third-order valence-corrected chi connectivity index (χ3v) is 3.11. The van der Waals surface area contributed by atoms with E-state index in [-0.39, 0.29) is 0 Å². The van der Waals surface area contributed by atoms with E-state index in [1.807, 2.05) is 18.3 Å². The Morgan fingerprint density at radius 2 is 2.47 bits per heavy atom. The lowest BCUT2D eigenvalue weighted by Gasteiger charge is -2.44. The fourth-order valence-electron chi connectivity index (χ4n) is 2.41. The Kier molecular flexibility index (Phi) is 2.02. The first-order valence-electron chi connectivity index (χ1n) is 5.43. The van der Waals surface area contributed by atoms with Gasteiger partial charge in [-0.15, -0.1) is 0 Å². The summed E-state index contributed by atoms with van der Waals surface area (Å²) in [6.07, 6.45) is 1.83. The van der Waals surface area contributed by atoms with Crippen LogP contribution in [0.4, 0.5) is 5.82 Å². The molecule has 0 aromatic carbocycles. The lowest BCUT2D eigenvalue weighted by Crippen LogP contribution is -2.60. The normalized spacial score (nSPS) is 29.0. The second-order valence-electron chi connectivity index (χ2n) is 4.20. The Labute approximate surface area is 89.3 Å². The molecular formula is C11H15N3O. The molecule has 1 fully saturated rings. The highest BCUT2D eigenvalue weighted by molar-refractivity contribution is 5.56. The average molecular weight is 205 g/mol. The highest BCUT2D eigenvalue weighted by atomic mass is 16.5. The first-order valence-corrected chi connectivity index (χ1v) is 5.43. The number of anilines is 1. The summed E-state index contributed by atoms with van der Waals surface area (Å²) in [5.74, 6) is 1.92. The minimum Gasteiger partial charge on any atom is -0.488 e. The van der Waals surface area contributed by atoms with Crippen LogP contribution in [0.5, 0.6) is 5.75 Å². The molecule has 3 rings (SSSR count). The van der Waals surface area contributed by atoms with E-state index in [2.05, 4.69) is 22.1 Å². The van der Waals surface area contributed by atoms with Gasteiger partial charge in [-0.05, 0) is 19.1 Å². The van der Waals surface area contributed by atoms with Crippen LogP contribution in [-0.2, 0) is 0 Å². The highest BCUT2D eigenvalue weighted by Crippen LogP contribution is 2.33. The molecule has 2 aliphatic rings. The summed E-state index contributed by atoms with van der Waals surface area (Å²) in [5.41, 5.74) is 0. The number of piperazine rings is 1. The number of hydrogen-bond acceptors (Lipinski definition) is 4. The number of nitrogens with one attached hydrogen (secondary N) is 1. The predicted octanol–water partition coefficient (Wildman–Crippen LogP) is 0.641. The molecule has 2 aliphatic heterocycles. The maximum atomic E-state index is 5.70. The number of ether oxygens (including phenoxy) is 1.